The number of aliphatic carboxylic acids is 1. The third kappa shape index (κ3) is 5.33. The van der Waals surface area contributed by atoms with Crippen molar-refractivity contribution >= 4 is 11.7 Å². The van der Waals surface area contributed by atoms with Crippen LogP contribution in [0.1, 0.15) is 19.4 Å². The average molecular weight is 274 g/mol. The van der Waals surface area contributed by atoms with E-state index in [0.717, 1.165) is 19.6 Å². The Labute approximate surface area is 121 Å². The molecule has 0 fully saturated rings. The first-order valence-electron chi connectivity index (χ1n) is 6.81. The fourth-order valence-electron chi connectivity index (χ4n) is 2.02. The molecule has 0 unspecified atom stereocenters. The molecule has 1 aromatic carbocycles. The van der Waals surface area contributed by atoms with Gasteiger partial charge in [0.15, 0.2) is 0 Å². The summed E-state index contributed by atoms with van der Waals surface area (Å²) in [5, 5.41) is 8.45. The maximum absolute atomic E-state index is 10.3. The summed E-state index contributed by atoms with van der Waals surface area (Å²) in [6.45, 7) is 7.50. The fourth-order valence-corrected chi connectivity index (χ4v) is 2.02. The number of hydrogen-bond acceptors (Lipinski definition) is 3. The molecule has 0 spiro atoms. The van der Waals surface area contributed by atoms with Crippen LogP contribution < -0.4 is 4.90 Å². The molecule has 0 saturated heterocycles. The molecule has 0 amide bonds. The molecule has 1 rings (SSSR count). The van der Waals surface area contributed by atoms with E-state index in [9.17, 15) is 4.79 Å². The summed E-state index contributed by atoms with van der Waals surface area (Å²) >= 11 is 0. The quantitative estimate of drug-likeness (QED) is 0.806. The van der Waals surface area contributed by atoms with Gasteiger partial charge in [0.1, 0.15) is 0 Å². The molecule has 0 radical (unpaired) electrons. The SMILES string of the molecule is CCN(CC)c1ccc(CN(C)CC#CC(=O)O)cc1. The van der Waals surface area contributed by atoms with Crippen molar-refractivity contribution in [3.63, 3.8) is 0 Å². The minimum atomic E-state index is -1.08. The summed E-state index contributed by atoms with van der Waals surface area (Å²) in [6.07, 6.45) is 0. The lowest BCUT2D eigenvalue weighted by Gasteiger charge is -2.21. The first kappa shape index (κ1) is 16.1. The van der Waals surface area contributed by atoms with Gasteiger partial charge >= 0.3 is 5.97 Å². The molecular weight excluding hydrogens is 252 g/mol. The molecule has 0 bridgehead atoms. The third-order valence-corrected chi connectivity index (χ3v) is 3.06. The first-order valence-corrected chi connectivity index (χ1v) is 6.81. The van der Waals surface area contributed by atoms with Gasteiger partial charge < -0.3 is 10.0 Å². The molecule has 1 aromatic rings. The van der Waals surface area contributed by atoms with Crippen LogP contribution in [-0.4, -0.2) is 42.7 Å². The standard InChI is InChI=1S/C16H22N2O2/c1-4-18(5-2)15-10-8-14(9-11-15)13-17(3)12-6-7-16(19)20/h8-11H,4-5,12-13H2,1-3H3,(H,19,20). The number of benzene rings is 1. The smallest absolute Gasteiger partial charge is 0.381 e. The molecule has 0 saturated carbocycles. The van der Waals surface area contributed by atoms with E-state index in [4.69, 9.17) is 5.11 Å². The second-order valence-electron chi connectivity index (χ2n) is 4.62. The summed E-state index contributed by atoms with van der Waals surface area (Å²) in [5.41, 5.74) is 2.42. The highest BCUT2D eigenvalue weighted by molar-refractivity contribution is 5.86. The number of carboxylic acid groups (broad SMARTS) is 1. The van der Waals surface area contributed by atoms with Gasteiger partial charge in [0.25, 0.3) is 0 Å². The number of rotatable bonds is 6. The van der Waals surface area contributed by atoms with Crippen LogP contribution in [0.15, 0.2) is 24.3 Å². The number of nitrogens with zero attached hydrogens (tertiary/aromatic N) is 2. The second-order valence-corrected chi connectivity index (χ2v) is 4.62. The topological polar surface area (TPSA) is 43.8 Å². The summed E-state index contributed by atoms with van der Waals surface area (Å²) in [7, 11) is 1.93. The molecule has 1 N–H and O–H groups in total. The van der Waals surface area contributed by atoms with Crippen LogP contribution in [0.25, 0.3) is 0 Å². The van der Waals surface area contributed by atoms with Crippen LogP contribution in [0, 0.1) is 11.8 Å². The maximum Gasteiger partial charge on any atom is 0.381 e. The largest absolute Gasteiger partial charge is 0.472 e. The Kier molecular flexibility index (Phi) is 6.61. The van der Waals surface area contributed by atoms with E-state index >= 15 is 0 Å². The molecule has 0 heterocycles. The van der Waals surface area contributed by atoms with E-state index in [2.05, 4.69) is 54.9 Å². The molecule has 0 aliphatic carbocycles. The van der Waals surface area contributed by atoms with Gasteiger partial charge in [-0.3, -0.25) is 4.90 Å². The van der Waals surface area contributed by atoms with Crippen LogP contribution >= 0.6 is 0 Å². The van der Waals surface area contributed by atoms with Crippen LogP contribution in [0.5, 0.6) is 0 Å². The van der Waals surface area contributed by atoms with Crippen LogP contribution in [0.2, 0.25) is 0 Å². The summed E-state index contributed by atoms with van der Waals surface area (Å²) < 4.78 is 0. The minimum absolute atomic E-state index is 0.449. The predicted molar refractivity (Wildman–Crippen MR) is 81.7 cm³/mol. The molecule has 0 atom stereocenters. The molecule has 108 valence electrons. The Hall–Kier alpha value is -1.99. The van der Waals surface area contributed by atoms with Gasteiger partial charge in [-0.15, -0.1) is 0 Å². The summed E-state index contributed by atoms with van der Waals surface area (Å²) in [6, 6.07) is 8.46. The van der Waals surface area contributed by atoms with Gasteiger partial charge in [-0.1, -0.05) is 18.1 Å². The Bertz CT molecular complexity index is 481. The van der Waals surface area contributed by atoms with Gasteiger partial charge in [0.05, 0.1) is 6.54 Å². The number of hydrogen-bond donors (Lipinski definition) is 1. The highest BCUT2D eigenvalue weighted by Crippen LogP contribution is 2.15. The highest BCUT2D eigenvalue weighted by Gasteiger charge is 2.03. The Balaban J connectivity index is 2.57. The third-order valence-electron chi connectivity index (χ3n) is 3.06. The molecular formula is C16H22N2O2. The molecule has 0 aliphatic rings. The zero-order chi connectivity index (χ0) is 15.0. The average Bonchev–Trinajstić information content (AvgIpc) is 2.41. The second kappa shape index (κ2) is 8.23. The van der Waals surface area contributed by atoms with Crippen molar-refractivity contribution in [1.29, 1.82) is 0 Å². The maximum atomic E-state index is 10.3. The zero-order valence-electron chi connectivity index (χ0n) is 12.4. The first-order chi connectivity index (χ1) is 9.56. The molecule has 20 heavy (non-hydrogen) atoms. The Morgan fingerprint density at radius 2 is 1.80 bits per heavy atom. The molecule has 0 aromatic heterocycles. The van der Waals surface area contributed by atoms with Crippen LogP contribution in [-0.2, 0) is 11.3 Å². The van der Waals surface area contributed by atoms with E-state index in [1.807, 2.05) is 11.9 Å². The van der Waals surface area contributed by atoms with Crippen molar-refractivity contribution in [2.45, 2.75) is 20.4 Å². The van der Waals surface area contributed by atoms with Gasteiger partial charge in [0, 0.05) is 31.2 Å². The molecule has 4 heteroatoms. The lowest BCUT2D eigenvalue weighted by Crippen LogP contribution is -2.22. The van der Waals surface area contributed by atoms with Crippen molar-refractivity contribution in [3.8, 4) is 11.8 Å². The molecule has 0 aliphatic heterocycles. The minimum Gasteiger partial charge on any atom is -0.472 e. The van der Waals surface area contributed by atoms with Gasteiger partial charge in [-0.05, 0) is 38.6 Å². The van der Waals surface area contributed by atoms with Crippen LogP contribution in [0.4, 0.5) is 5.69 Å². The van der Waals surface area contributed by atoms with E-state index in [-0.39, 0.29) is 0 Å². The lowest BCUT2D eigenvalue weighted by molar-refractivity contribution is -0.130. The number of anilines is 1. The van der Waals surface area contributed by atoms with Crippen molar-refractivity contribution in [3.05, 3.63) is 29.8 Å². The van der Waals surface area contributed by atoms with E-state index in [1.54, 1.807) is 0 Å². The Morgan fingerprint density at radius 1 is 1.20 bits per heavy atom. The monoisotopic (exact) mass is 274 g/mol. The van der Waals surface area contributed by atoms with Crippen LogP contribution in [0.3, 0.4) is 0 Å². The van der Waals surface area contributed by atoms with Crippen molar-refractivity contribution in [2.24, 2.45) is 0 Å². The number of carbonyl (C=O) groups is 1. The van der Waals surface area contributed by atoms with Crippen molar-refractivity contribution in [2.75, 3.05) is 31.6 Å². The van der Waals surface area contributed by atoms with E-state index in [0.29, 0.717) is 6.54 Å². The molecule has 4 nitrogen and oxygen atoms in total. The van der Waals surface area contributed by atoms with E-state index in [1.165, 1.54) is 11.3 Å². The Morgan fingerprint density at radius 3 is 2.30 bits per heavy atom. The lowest BCUT2D eigenvalue weighted by atomic mass is 10.2. The van der Waals surface area contributed by atoms with Crippen molar-refractivity contribution < 1.29 is 9.90 Å². The van der Waals surface area contributed by atoms with Gasteiger partial charge in [-0.25, -0.2) is 4.79 Å². The van der Waals surface area contributed by atoms with Gasteiger partial charge in [0.2, 0.25) is 0 Å². The predicted octanol–water partition coefficient (Wildman–Crippen LogP) is 2.05. The summed E-state index contributed by atoms with van der Waals surface area (Å²) in [4.78, 5) is 14.6. The fraction of sp³-hybridized carbons (Fsp3) is 0.438. The van der Waals surface area contributed by atoms with Gasteiger partial charge in [-0.2, -0.15) is 0 Å². The van der Waals surface area contributed by atoms with E-state index < -0.39 is 5.97 Å². The normalized spacial score (nSPS) is 10.0. The zero-order valence-corrected chi connectivity index (χ0v) is 12.4. The van der Waals surface area contributed by atoms with Crippen molar-refractivity contribution in [1.82, 2.24) is 4.90 Å². The number of carboxylic acids is 1. The highest BCUT2D eigenvalue weighted by atomic mass is 16.4. The summed E-state index contributed by atoms with van der Waals surface area (Å²) in [5.74, 6) is 3.66.